The maximum absolute atomic E-state index is 12.9. The van der Waals surface area contributed by atoms with Crippen molar-refractivity contribution in [1.82, 2.24) is 0 Å². The van der Waals surface area contributed by atoms with Gasteiger partial charge in [-0.15, -0.1) is 0 Å². The fourth-order valence-corrected chi connectivity index (χ4v) is 2.73. The second-order valence-electron chi connectivity index (χ2n) is 5.54. The highest BCUT2D eigenvalue weighted by Crippen LogP contribution is 2.29. The molecule has 0 aliphatic carbocycles. The van der Waals surface area contributed by atoms with Gasteiger partial charge in [0.15, 0.2) is 5.76 Å². The van der Waals surface area contributed by atoms with Gasteiger partial charge in [-0.05, 0) is 36.8 Å². The fraction of sp³-hybridized carbons (Fsp3) is 0.200. The number of rotatable bonds is 6. The summed E-state index contributed by atoms with van der Waals surface area (Å²) in [6, 6.07) is 14.3. The molecule has 0 aliphatic rings. The number of carbonyl (C=O) groups excluding carboxylic acids is 2. The van der Waals surface area contributed by atoms with E-state index in [2.05, 4.69) is 0 Å². The summed E-state index contributed by atoms with van der Waals surface area (Å²) in [6.45, 7) is 0. The largest absolute Gasteiger partial charge is 0.497 e. The Kier molecular flexibility index (Phi) is 4.84. The lowest BCUT2D eigenvalue weighted by Crippen LogP contribution is -2.06. The molecule has 0 N–H and O–H groups in total. The van der Waals surface area contributed by atoms with Crippen molar-refractivity contribution in [2.24, 2.45) is 0 Å². The van der Waals surface area contributed by atoms with Gasteiger partial charge in [-0.25, -0.2) is 0 Å². The molecule has 25 heavy (non-hydrogen) atoms. The summed E-state index contributed by atoms with van der Waals surface area (Å²) in [5.41, 5.74) is 1.85. The Morgan fingerprint density at radius 3 is 2.40 bits per heavy atom. The van der Waals surface area contributed by atoms with Crippen LogP contribution in [0.4, 0.5) is 0 Å². The van der Waals surface area contributed by atoms with Crippen molar-refractivity contribution in [3.8, 4) is 5.75 Å². The average Bonchev–Trinajstić information content (AvgIpc) is 3.04. The number of carbonyl (C=O) groups is 2. The second-order valence-corrected chi connectivity index (χ2v) is 5.54. The molecule has 128 valence electrons. The Bertz CT molecular complexity index is 905. The average molecular weight is 338 g/mol. The Balaban J connectivity index is 2.01. The first-order valence-electron chi connectivity index (χ1n) is 7.90. The maximum Gasteiger partial charge on any atom is 0.305 e. The predicted octanol–water partition coefficient (Wildman–Crippen LogP) is 3.78. The van der Waals surface area contributed by atoms with Gasteiger partial charge in [-0.3, -0.25) is 9.59 Å². The predicted molar refractivity (Wildman–Crippen MR) is 93.0 cm³/mol. The SMILES string of the molecule is COC(=O)CCc1c(C(=O)c2ccc(OC)cc2)oc2ccccc12. The molecule has 5 nitrogen and oxygen atoms in total. The number of para-hydroxylation sites is 1. The molecule has 0 bridgehead atoms. The van der Waals surface area contributed by atoms with Crippen LogP contribution in [0.1, 0.15) is 28.1 Å². The molecule has 1 heterocycles. The summed E-state index contributed by atoms with van der Waals surface area (Å²) < 4.78 is 15.6. The Labute approximate surface area is 145 Å². The number of methoxy groups -OCH3 is 2. The lowest BCUT2D eigenvalue weighted by molar-refractivity contribution is -0.140. The number of fused-ring (bicyclic) bond motifs is 1. The third-order valence-electron chi connectivity index (χ3n) is 4.06. The third kappa shape index (κ3) is 3.40. The number of hydrogen-bond donors (Lipinski definition) is 0. The van der Waals surface area contributed by atoms with E-state index < -0.39 is 0 Å². The first-order chi connectivity index (χ1) is 12.1. The standard InChI is InChI=1S/C20H18O5/c1-23-14-9-7-13(8-10-14)19(22)20-16(11-12-18(21)24-2)15-5-3-4-6-17(15)25-20/h3-10H,11-12H2,1-2H3. The maximum atomic E-state index is 12.9. The van der Waals surface area contributed by atoms with E-state index in [-0.39, 0.29) is 23.9 Å². The number of esters is 1. The molecule has 0 saturated heterocycles. The number of ether oxygens (including phenoxy) is 2. The molecule has 0 aliphatic heterocycles. The van der Waals surface area contributed by atoms with Crippen LogP contribution in [0.2, 0.25) is 0 Å². The summed E-state index contributed by atoms with van der Waals surface area (Å²) in [4.78, 5) is 24.4. The zero-order valence-corrected chi connectivity index (χ0v) is 14.1. The molecule has 0 amide bonds. The van der Waals surface area contributed by atoms with Crippen molar-refractivity contribution >= 4 is 22.7 Å². The van der Waals surface area contributed by atoms with Crippen LogP contribution in [0.15, 0.2) is 52.9 Å². The van der Waals surface area contributed by atoms with Crippen LogP contribution in [0, 0.1) is 0 Å². The van der Waals surface area contributed by atoms with Gasteiger partial charge >= 0.3 is 5.97 Å². The van der Waals surface area contributed by atoms with Crippen molar-refractivity contribution in [1.29, 1.82) is 0 Å². The molecule has 3 aromatic rings. The van der Waals surface area contributed by atoms with Crippen LogP contribution in [0.3, 0.4) is 0 Å². The van der Waals surface area contributed by atoms with Gasteiger partial charge in [0.2, 0.25) is 5.78 Å². The van der Waals surface area contributed by atoms with E-state index in [0.717, 1.165) is 10.9 Å². The van der Waals surface area contributed by atoms with Crippen molar-refractivity contribution in [3.63, 3.8) is 0 Å². The topological polar surface area (TPSA) is 65.7 Å². The molecule has 1 aromatic heterocycles. The minimum atomic E-state index is -0.326. The van der Waals surface area contributed by atoms with E-state index in [1.165, 1.54) is 7.11 Å². The minimum Gasteiger partial charge on any atom is -0.497 e. The third-order valence-corrected chi connectivity index (χ3v) is 4.06. The number of furan rings is 1. The minimum absolute atomic E-state index is 0.183. The van der Waals surface area contributed by atoms with Crippen LogP contribution < -0.4 is 4.74 Å². The number of benzene rings is 2. The van der Waals surface area contributed by atoms with Crippen LogP contribution >= 0.6 is 0 Å². The highest BCUT2D eigenvalue weighted by atomic mass is 16.5. The molecule has 0 fully saturated rings. The van der Waals surface area contributed by atoms with Crippen LogP contribution in [-0.2, 0) is 16.0 Å². The van der Waals surface area contributed by atoms with Crippen molar-refractivity contribution in [3.05, 3.63) is 65.4 Å². The fourth-order valence-electron chi connectivity index (χ4n) is 2.73. The van der Waals surface area contributed by atoms with Crippen LogP contribution in [-0.4, -0.2) is 26.0 Å². The second kappa shape index (κ2) is 7.21. The van der Waals surface area contributed by atoms with E-state index in [1.807, 2.05) is 24.3 Å². The Hall–Kier alpha value is -3.08. The first kappa shape index (κ1) is 16.8. The number of aryl methyl sites for hydroxylation is 1. The van der Waals surface area contributed by atoms with E-state index in [0.29, 0.717) is 23.3 Å². The van der Waals surface area contributed by atoms with Gasteiger partial charge < -0.3 is 13.9 Å². The van der Waals surface area contributed by atoms with Gasteiger partial charge in [0.05, 0.1) is 14.2 Å². The van der Waals surface area contributed by atoms with E-state index in [1.54, 1.807) is 31.4 Å². The Morgan fingerprint density at radius 2 is 1.72 bits per heavy atom. The molecule has 3 rings (SSSR count). The summed E-state index contributed by atoms with van der Waals surface area (Å²) in [5, 5.41) is 0.836. The van der Waals surface area contributed by atoms with Crippen LogP contribution in [0.25, 0.3) is 11.0 Å². The highest BCUT2D eigenvalue weighted by Gasteiger charge is 2.22. The summed E-state index contributed by atoms with van der Waals surface area (Å²) in [7, 11) is 2.92. The summed E-state index contributed by atoms with van der Waals surface area (Å²) in [6.07, 6.45) is 0.559. The van der Waals surface area contributed by atoms with Crippen molar-refractivity contribution in [2.45, 2.75) is 12.8 Å². The van der Waals surface area contributed by atoms with Gasteiger partial charge in [-0.1, -0.05) is 18.2 Å². The van der Waals surface area contributed by atoms with Crippen LogP contribution in [0.5, 0.6) is 5.75 Å². The van der Waals surface area contributed by atoms with Gasteiger partial charge in [0, 0.05) is 22.9 Å². The van der Waals surface area contributed by atoms with Gasteiger partial charge in [-0.2, -0.15) is 0 Å². The van der Waals surface area contributed by atoms with E-state index in [9.17, 15) is 9.59 Å². The summed E-state index contributed by atoms with van der Waals surface area (Å²) in [5.74, 6) is 0.384. The molecular weight excluding hydrogens is 320 g/mol. The molecule has 0 unspecified atom stereocenters. The molecular formula is C20H18O5. The summed E-state index contributed by atoms with van der Waals surface area (Å²) >= 11 is 0. The van der Waals surface area contributed by atoms with E-state index in [4.69, 9.17) is 13.9 Å². The van der Waals surface area contributed by atoms with Gasteiger partial charge in [0.1, 0.15) is 11.3 Å². The number of ketones is 1. The molecule has 0 atom stereocenters. The van der Waals surface area contributed by atoms with E-state index >= 15 is 0 Å². The van der Waals surface area contributed by atoms with Crippen molar-refractivity contribution in [2.75, 3.05) is 14.2 Å². The zero-order valence-electron chi connectivity index (χ0n) is 14.1. The lowest BCUT2D eigenvalue weighted by Gasteiger charge is -2.04. The molecule has 0 spiro atoms. The van der Waals surface area contributed by atoms with Gasteiger partial charge in [0.25, 0.3) is 0 Å². The normalized spacial score (nSPS) is 10.6. The molecule has 0 radical (unpaired) electrons. The number of hydrogen-bond acceptors (Lipinski definition) is 5. The quantitative estimate of drug-likeness (QED) is 0.505. The molecule has 0 saturated carbocycles. The molecule has 2 aromatic carbocycles. The first-order valence-corrected chi connectivity index (χ1v) is 7.90. The zero-order chi connectivity index (χ0) is 17.8. The monoisotopic (exact) mass is 338 g/mol. The van der Waals surface area contributed by atoms with Crippen molar-refractivity contribution < 1.29 is 23.5 Å². The smallest absolute Gasteiger partial charge is 0.305 e. The lowest BCUT2D eigenvalue weighted by atomic mass is 10.0. The Morgan fingerprint density at radius 1 is 1.00 bits per heavy atom. The highest BCUT2D eigenvalue weighted by molar-refractivity contribution is 6.10. The molecule has 5 heteroatoms.